The van der Waals surface area contributed by atoms with E-state index in [2.05, 4.69) is 0 Å². The molecule has 0 aromatic rings. The van der Waals surface area contributed by atoms with Crippen LogP contribution in [0.2, 0.25) is 0 Å². The molecule has 0 aliphatic heterocycles. The molecule has 0 fully saturated rings. The molecule has 210 valence electrons. The van der Waals surface area contributed by atoms with Gasteiger partial charge in [-0.15, -0.1) is 0 Å². The van der Waals surface area contributed by atoms with E-state index in [1.165, 1.54) is 0 Å². The molecule has 0 radical (unpaired) electrons. The van der Waals surface area contributed by atoms with Crippen LogP contribution in [0.3, 0.4) is 0 Å². The Morgan fingerprint density at radius 3 is 0.892 bits per heavy atom. The standard InChI is InChI=1S/C6H8O7.C4H6O6.C4H4O4.C2H2O4/c7-3(8)1-6(13,5(11)12)2-4(9)10;5-1(3(7)8)2(6)4(9)10;5-3(6)1-2-4(7)8;3-1(4)2(5)6/h13H,1-2H2,(H,7,8)(H,9,10)(H,11,12);1-2,5-6H,(H,7,8)(H,9,10);1-2H,(H,5,6)(H,7,8);(H,3,4)(H,5,6). The second-order valence-corrected chi connectivity index (χ2v) is 5.66. The number of aliphatic carboxylic acids is 9. The van der Waals surface area contributed by atoms with E-state index in [1.54, 1.807) is 0 Å². The average molecular weight is 548 g/mol. The summed E-state index contributed by atoms with van der Waals surface area (Å²) in [6, 6.07) is 0. The minimum absolute atomic E-state index is 0.558. The van der Waals surface area contributed by atoms with Crippen LogP contribution >= 0.6 is 0 Å². The number of hydrogen-bond acceptors (Lipinski definition) is 12. The van der Waals surface area contributed by atoms with Gasteiger partial charge in [0.2, 0.25) is 0 Å². The molecule has 0 aromatic heterocycles. The number of aliphatic hydroxyl groups is 3. The first-order valence-electron chi connectivity index (χ1n) is 8.33. The van der Waals surface area contributed by atoms with E-state index in [0.29, 0.717) is 12.2 Å². The molecule has 0 saturated carbocycles. The Kier molecular flexibility index (Phi) is 20.3. The van der Waals surface area contributed by atoms with Gasteiger partial charge in [0.05, 0.1) is 12.8 Å². The molecule has 0 amide bonds. The second-order valence-electron chi connectivity index (χ2n) is 5.66. The number of carboxylic acid groups (broad SMARTS) is 9. The molecular formula is C16H20O21. The number of aliphatic hydroxyl groups excluding tert-OH is 2. The summed E-state index contributed by atoms with van der Waals surface area (Å²) >= 11 is 0. The van der Waals surface area contributed by atoms with E-state index < -0.39 is 84.4 Å². The first-order valence-corrected chi connectivity index (χ1v) is 8.33. The average Bonchev–Trinajstić information content (AvgIpc) is 2.70. The van der Waals surface area contributed by atoms with Crippen molar-refractivity contribution < 1.29 is 104 Å². The van der Waals surface area contributed by atoms with E-state index in [-0.39, 0.29) is 0 Å². The highest BCUT2D eigenvalue weighted by Crippen LogP contribution is 2.15. The number of rotatable bonds is 10. The molecule has 0 aliphatic rings. The molecule has 0 spiro atoms. The summed E-state index contributed by atoms with van der Waals surface area (Å²) in [5.74, 6) is -14.7. The molecule has 0 heterocycles. The van der Waals surface area contributed by atoms with E-state index in [4.69, 9.17) is 70.9 Å². The fourth-order valence-electron chi connectivity index (χ4n) is 1.13. The number of hydrogen-bond donors (Lipinski definition) is 12. The maximum atomic E-state index is 10.3. The maximum absolute atomic E-state index is 10.3. The van der Waals surface area contributed by atoms with Crippen molar-refractivity contribution >= 4 is 53.7 Å². The van der Waals surface area contributed by atoms with Gasteiger partial charge in [-0.1, -0.05) is 0 Å². The second kappa shape index (κ2) is 19.2. The van der Waals surface area contributed by atoms with E-state index in [1.807, 2.05) is 0 Å². The topological polar surface area (TPSA) is 396 Å². The van der Waals surface area contributed by atoms with Gasteiger partial charge in [0, 0.05) is 12.2 Å². The lowest BCUT2D eigenvalue weighted by Gasteiger charge is -2.18. The summed E-state index contributed by atoms with van der Waals surface area (Å²) in [5.41, 5.74) is -2.74. The fourth-order valence-corrected chi connectivity index (χ4v) is 1.13. The molecule has 0 aromatic carbocycles. The van der Waals surface area contributed by atoms with Crippen molar-refractivity contribution in [1.82, 2.24) is 0 Å². The normalized spacial score (nSPS) is 11.3. The highest BCUT2D eigenvalue weighted by atomic mass is 16.5. The monoisotopic (exact) mass is 548 g/mol. The molecule has 0 saturated heterocycles. The van der Waals surface area contributed by atoms with Crippen LogP contribution in [-0.4, -0.2) is 133 Å². The largest absolute Gasteiger partial charge is 0.481 e. The minimum Gasteiger partial charge on any atom is -0.481 e. The lowest BCUT2D eigenvalue weighted by molar-refractivity contribution is -0.170. The molecule has 0 aliphatic carbocycles. The third-order valence-corrected chi connectivity index (χ3v) is 2.64. The van der Waals surface area contributed by atoms with Gasteiger partial charge in [0.25, 0.3) is 0 Å². The van der Waals surface area contributed by atoms with Crippen LogP contribution in [0.15, 0.2) is 12.2 Å². The van der Waals surface area contributed by atoms with Crippen molar-refractivity contribution in [1.29, 1.82) is 0 Å². The van der Waals surface area contributed by atoms with Crippen molar-refractivity contribution in [3.63, 3.8) is 0 Å². The zero-order valence-electron chi connectivity index (χ0n) is 17.8. The third-order valence-electron chi connectivity index (χ3n) is 2.64. The maximum Gasteiger partial charge on any atom is 0.414 e. The van der Waals surface area contributed by atoms with Crippen LogP contribution in [0.4, 0.5) is 0 Å². The van der Waals surface area contributed by atoms with Crippen LogP contribution in [0.25, 0.3) is 0 Å². The van der Waals surface area contributed by atoms with Gasteiger partial charge >= 0.3 is 53.7 Å². The van der Waals surface area contributed by atoms with Gasteiger partial charge in [0.1, 0.15) is 0 Å². The lowest BCUT2D eigenvalue weighted by atomic mass is 9.96. The van der Waals surface area contributed by atoms with Crippen molar-refractivity contribution in [3.8, 4) is 0 Å². The van der Waals surface area contributed by atoms with Gasteiger partial charge in [-0.05, 0) is 0 Å². The third kappa shape index (κ3) is 25.3. The Bertz CT molecular complexity index is 836. The van der Waals surface area contributed by atoms with E-state index in [0.717, 1.165) is 0 Å². The van der Waals surface area contributed by atoms with Crippen LogP contribution in [-0.2, 0) is 43.2 Å². The van der Waals surface area contributed by atoms with Crippen molar-refractivity contribution in [3.05, 3.63) is 12.2 Å². The SMILES string of the molecule is O=C(O)C(=O)O.O=C(O)C(O)C(O)C(=O)O.O=C(O)C=CC(=O)O.O=C(O)CC(O)(CC(=O)O)C(=O)O. The van der Waals surface area contributed by atoms with Crippen LogP contribution < -0.4 is 0 Å². The van der Waals surface area contributed by atoms with Crippen molar-refractivity contribution in [2.24, 2.45) is 0 Å². The molecule has 21 heteroatoms. The Hall–Kier alpha value is -5.15. The van der Waals surface area contributed by atoms with Crippen molar-refractivity contribution in [2.75, 3.05) is 0 Å². The molecule has 0 bridgehead atoms. The predicted molar refractivity (Wildman–Crippen MR) is 104 cm³/mol. The first kappa shape index (κ1) is 39.1. The molecule has 2 unspecified atom stereocenters. The summed E-state index contributed by atoms with van der Waals surface area (Å²) in [7, 11) is 0. The zero-order chi connectivity index (χ0) is 30.7. The summed E-state index contributed by atoms with van der Waals surface area (Å²) in [6.07, 6.45) is -5.71. The Morgan fingerprint density at radius 2 is 0.784 bits per heavy atom. The highest BCUT2D eigenvalue weighted by Gasteiger charge is 2.40. The molecule has 21 nitrogen and oxygen atoms in total. The number of carbonyl (C=O) groups is 9. The molecule has 12 N–H and O–H groups in total. The van der Waals surface area contributed by atoms with E-state index >= 15 is 0 Å². The smallest absolute Gasteiger partial charge is 0.414 e. The number of carboxylic acids is 9. The van der Waals surface area contributed by atoms with Crippen LogP contribution in [0.5, 0.6) is 0 Å². The van der Waals surface area contributed by atoms with Crippen LogP contribution in [0.1, 0.15) is 12.8 Å². The lowest BCUT2D eigenvalue weighted by Crippen LogP contribution is -2.42. The molecular weight excluding hydrogens is 528 g/mol. The quantitative estimate of drug-likeness (QED) is 0.0903. The zero-order valence-corrected chi connectivity index (χ0v) is 17.8. The summed E-state index contributed by atoms with van der Waals surface area (Å²) in [6.45, 7) is 0. The van der Waals surface area contributed by atoms with Crippen molar-refractivity contribution in [2.45, 2.75) is 30.7 Å². The first-order chi connectivity index (χ1) is 16.5. The Labute approximate surface area is 202 Å². The van der Waals surface area contributed by atoms with Gasteiger partial charge < -0.3 is 61.3 Å². The molecule has 37 heavy (non-hydrogen) atoms. The predicted octanol–water partition coefficient (Wildman–Crippen LogP) is -4.50. The van der Waals surface area contributed by atoms with Gasteiger partial charge in [-0.2, -0.15) is 0 Å². The summed E-state index contributed by atoms with van der Waals surface area (Å²) in [5, 5.41) is 96.7. The van der Waals surface area contributed by atoms with Gasteiger partial charge in [0.15, 0.2) is 17.8 Å². The minimum atomic E-state index is -2.74. The highest BCUT2D eigenvalue weighted by molar-refractivity contribution is 6.27. The summed E-state index contributed by atoms with van der Waals surface area (Å²) < 4.78 is 0. The summed E-state index contributed by atoms with van der Waals surface area (Å²) in [4.78, 5) is 87.3. The van der Waals surface area contributed by atoms with Crippen LogP contribution in [0, 0.1) is 0 Å². The fraction of sp³-hybridized carbons (Fsp3) is 0.312. The molecule has 2 atom stereocenters. The Morgan fingerprint density at radius 1 is 0.541 bits per heavy atom. The van der Waals surface area contributed by atoms with Gasteiger partial charge in [-0.25, -0.2) is 33.6 Å². The Balaban J connectivity index is -0.000000204. The van der Waals surface area contributed by atoms with E-state index in [9.17, 15) is 33.6 Å². The molecule has 0 rings (SSSR count). The van der Waals surface area contributed by atoms with Gasteiger partial charge in [-0.3, -0.25) is 9.59 Å².